The number of carbonyl (C=O) groups is 1. The maximum Gasteiger partial charge on any atom is 0.240 e. The summed E-state index contributed by atoms with van der Waals surface area (Å²) in [4.78, 5) is 11.2. The molecule has 0 fully saturated rings. The van der Waals surface area contributed by atoms with Crippen LogP contribution >= 0.6 is 0 Å². The van der Waals surface area contributed by atoms with E-state index in [1.807, 2.05) is 12.1 Å². The van der Waals surface area contributed by atoms with Crippen LogP contribution in [-0.4, -0.2) is 27.5 Å². The number of aryl methyl sites for hydroxylation is 1. The Bertz CT molecular complexity index is 908. The van der Waals surface area contributed by atoms with E-state index in [-0.39, 0.29) is 24.0 Å². The van der Waals surface area contributed by atoms with E-state index in [1.54, 1.807) is 12.1 Å². The Kier molecular flexibility index (Phi) is 6.13. The fourth-order valence-electron chi connectivity index (χ4n) is 3.22. The van der Waals surface area contributed by atoms with E-state index in [1.165, 1.54) is 36.6 Å². The highest BCUT2D eigenvalue weighted by Crippen LogP contribution is 2.29. The summed E-state index contributed by atoms with van der Waals surface area (Å²) in [6, 6.07) is 12.1. The summed E-state index contributed by atoms with van der Waals surface area (Å²) in [6.45, 7) is 1.84. The number of nitrogens with one attached hydrogen (secondary N) is 2. The van der Waals surface area contributed by atoms with Crippen molar-refractivity contribution >= 4 is 21.6 Å². The zero-order valence-electron chi connectivity index (χ0n) is 15.3. The van der Waals surface area contributed by atoms with Gasteiger partial charge in [-0.1, -0.05) is 12.1 Å². The summed E-state index contributed by atoms with van der Waals surface area (Å²) >= 11 is 0. The van der Waals surface area contributed by atoms with Crippen molar-refractivity contribution in [3.8, 4) is 5.75 Å². The molecular formula is C20H24N2O4S. The van der Waals surface area contributed by atoms with Gasteiger partial charge in [-0.3, -0.25) is 4.79 Å². The fraction of sp³-hybridized carbons (Fsp3) is 0.350. The van der Waals surface area contributed by atoms with Crippen LogP contribution in [0.4, 0.5) is 5.69 Å². The van der Waals surface area contributed by atoms with Gasteiger partial charge in [0, 0.05) is 19.2 Å². The second-order valence-corrected chi connectivity index (χ2v) is 8.32. The van der Waals surface area contributed by atoms with Gasteiger partial charge >= 0.3 is 0 Å². The molecular weight excluding hydrogens is 364 g/mol. The van der Waals surface area contributed by atoms with Crippen LogP contribution in [0.15, 0.2) is 47.4 Å². The zero-order valence-corrected chi connectivity index (χ0v) is 16.1. The topological polar surface area (TPSA) is 84.5 Å². The number of benzene rings is 2. The molecule has 0 heterocycles. The smallest absolute Gasteiger partial charge is 0.240 e. The Morgan fingerprint density at radius 3 is 2.56 bits per heavy atom. The summed E-state index contributed by atoms with van der Waals surface area (Å²) in [5, 5.41) is 2.60. The number of carbonyl (C=O) groups excluding carboxylic acids is 1. The van der Waals surface area contributed by atoms with E-state index in [0.717, 1.165) is 25.0 Å². The van der Waals surface area contributed by atoms with E-state index in [2.05, 4.69) is 16.1 Å². The quantitative estimate of drug-likeness (QED) is 0.715. The van der Waals surface area contributed by atoms with Crippen molar-refractivity contribution in [3.05, 3.63) is 53.6 Å². The second kappa shape index (κ2) is 8.54. The van der Waals surface area contributed by atoms with Crippen LogP contribution in [0.5, 0.6) is 5.75 Å². The summed E-state index contributed by atoms with van der Waals surface area (Å²) in [5.41, 5.74) is 3.14. The minimum Gasteiger partial charge on any atom is -0.492 e. The third kappa shape index (κ3) is 5.08. The largest absolute Gasteiger partial charge is 0.492 e. The van der Waals surface area contributed by atoms with Gasteiger partial charge in [-0.15, -0.1) is 0 Å². The lowest BCUT2D eigenvalue weighted by Crippen LogP contribution is -2.28. The SMILES string of the molecule is CC(=O)Nc1ccc(S(=O)(=O)NCCOc2cccc3c2CCCC3)cc1. The summed E-state index contributed by atoms with van der Waals surface area (Å²) in [5.74, 6) is 0.648. The van der Waals surface area contributed by atoms with Crippen molar-refractivity contribution < 1.29 is 17.9 Å². The van der Waals surface area contributed by atoms with Crippen molar-refractivity contribution in [3.63, 3.8) is 0 Å². The molecule has 2 aromatic carbocycles. The van der Waals surface area contributed by atoms with Crippen LogP contribution in [0.25, 0.3) is 0 Å². The van der Waals surface area contributed by atoms with Crippen LogP contribution in [0, 0.1) is 0 Å². The lowest BCUT2D eigenvalue weighted by Gasteiger charge is -2.19. The number of amides is 1. The van der Waals surface area contributed by atoms with Gasteiger partial charge in [0.1, 0.15) is 12.4 Å². The molecule has 3 rings (SSSR count). The number of fused-ring (bicyclic) bond motifs is 1. The van der Waals surface area contributed by atoms with Crippen molar-refractivity contribution in [1.29, 1.82) is 0 Å². The molecule has 2 aromatic rings. The molecule has 0 aliphatic heterocycles. The Balaban J connectivity index is 1.55. The molecule has 0 bridgehead atoms. The highest BCUT2D eigenvalue weighted by molar-refractivity contribution is 7.89. The molecule has 1 amide bonds. The molecule has 27 heavy (non-hydrogen) atoms. The van der Waals surface area contributed by atoms with Gasteiger partial charge in [-0.2, -0.15) is 0 Å². The van der Waals surface area contributed by atoms with Crippen LogP contribution in [-0.2, 0) is 27.7 Å². The number of hydrogen-bond donors (Lipinski definition) is 2. The molecule has 0 saturated carbocycles. The first-order valence-electron chi connectivity index (χ1n) is 9.06. The normalized spacial score (nSPS) is 13.7. The molecule has 0 aromatic heterocycles. The average Bonchev–Trinajstić information content (AvgIpc) is 2.65. The highest BCUT2D eigenvalue weighted by Gasteiger charge is 2.15. The number of rotatable bonds is 7. The Morgan fingerprint density at radius 1 is 1.07 bits per heavy atom. The molecule has 0 saturated heterocycles. The van der Waals surface area contributed by atoms with Crippen LogP contribution < -0.4 is 14.8 Å². The summed E-state index contributed by atoms with van der Waals surface area (Å²) in [7, 11) is -3.62. The van der Waals surface area contributed by atoms with Crippen molar-refractivity contribution in [2.45, 2.75) is 37.5 Å². The first kappa shape index (κ1) is 19.4. The van der Waals surface area contributed by atoms with Gasteiger partial charge in [0.15, 0.2) is 0 Å². The molecule has 1 aliphatic carbocycles. The van der Waals surface area contributed by atoms with Crippen molar-refractivity contribution in [2.75, 3.05) is 18.5 Å². The van der Waals surface area contributed by atoms with Gasteiger partial charge in [-0.05, 0) is 67.1 Å². The predicted molar refractivity (Wildman–Crippen MR) is 105 cm³/mol. The fourth-order valence-corrected chi connectivity index (χ4v) is 4.24. The van der Waals surface area contributed by atoms with E-state index < -0.39 is 10.0 Å². The minimum absolute atomic E-state index is 0.147. The highest BCUT2D eigenvalue weighted by atomic mass is 32.2. The van der Waals surface area contributed by atoms with Crippen LogP contribution in [0.1, 0.15) is 30.9 Å². The third-order valence-corrected chi connectivity index (χ3v) is 5.97. The standard InChI is InChI=1S/C20H24N2O4S/c1-15(23)22-17-9-11-18(12-10-17)27(24,25)21-13-14-26-20-8-4-6-16-5-2-3-7-19(16)20/h4,6,8-12,21H,2-3,5,7,13-14H2,1H3,(H,22,23). The van der Waals surface area contributed by atoms with Gasteiger partial charge in [0.25, 0.3) is 0 Å². The maximum atomic E-state index is 12.4. The number of anilines is 1. The zero-order chi connectivity index (χ0) is 19.3. The van der Waals surface area contributed by atoms with Crippen molar-refractivity contribution in [1.82, 2.24) is 4.72 Å². The van der Waals surface area contributed by atoms with Gasteiger partial charge in [-0.25, -0.2) is 13.1 Å². The maximum absolute atomic E-state index is 12.4. The predicted octanol–water partition coefficient (Wildman–Crippen LogP) is 2.88. The van der Waals surface area contributed by atoms with E-state index in [9.17, 15) is 13.2 Å². The minimum atomic E-state index is -3.62. The summed E-state index contributed by atoms with van der Waals surface area (Å²) < 4.78 is 33.1. The number of sulfonamides is 1. The number of ether oxygens (including phenoxy) is 1. The lowest BCUT2D eigenvalue weighted by atomic mass is 9.91. The summed E-state index contributed by atoms with van der Waals surface area (Å²) in [6.07, 6.45) is 4.46. The molecule has 7 heteroatoms. The van der Waals surface area contributed by atoms with Crippen molar-refractivity contribution in [2.24, 2.45) is 0 Å². The monoisotopic (exact) mass is 388 g/mol. The lowest BCUT2D eigenvalue weighted by molar-refractivity contribution is -0.114. The molecule has 6 nitrogen and oxygen atoms in total. The average molecular weight is 388 g/mol. The number of hydrogen-bond acceptors (Lipinski definition) is 4. The molecule has 0 unspecified atom stereocenters. The van der Waals surface area contributed by atoms with E-state index in [0.29, 0.717) is 5.69 Å². The van der Waals surface area contributed by atoms with Gasteiger partial charge in [0.2, 0.25) is 15.9 Å². The van der Waals surface area contributed by atoms with E-state index in [4.69, 9.17) is 4.74 Å². The Morgan fingerprint density at radius 2 is 1.81 bits per heavy atom. The molecule has 144 valence electrons. The Hall–Kier alpha value is -2.38. The molecule has 0 spiro atoms. The van der Waals surface area contributed by atoms with Crippen LogP contribution in [0.3, 0.4) is 0 Å². The Labute approximate surface area is 160 Å². The first-order chi connectivity index (χ1) is 13.0. The van der Waals surface area contributed by atoms with E-state index >= 15 is 0 Å². The second-order valence-electron chi connectivity index (χ2n) is 6.55. The van der Waals surface area contributed by atoms with Gasteiger partial charge < -0.3 is 10.1 Å². The first-order valence-corrected chi connectivity index (χ1v) is 10.5. The molecule has 1 aliphatic rings. The molecule has 0 radical (unpaired) electrons. The van der Waals surface area contributed by atoms with Crippen LogP contribution in [0.2, 0.25) is 0 Å². The third-order valence-electron chi connectivity index (χ3n) is 4.49. The molecule has 2 N–H and O–H groups in total. The molecule has 0 atom stereocenters. The van der Waals surface area contributed by atoms with Gasteiger partial charge in [0.05, 0.1) is 4.90 Å².